The lowest BCUT2D eigenvalue weighted by atomic mass is 9.85. The number of Topliss-reactive ketones (excluding diaryl/α,β-unsaturated/α-hetero) is 1. The number of carbonyl (C=O) groups excluding carboxylic acids is 4. The van der Waals surface area contributed by atoms with Crippen molar-refractivity contribution in [3.05, 3.63) is 0 Å². The van der Waals surface area contributed by atoms with Gasteiger partial charge in [0.2, 0.25) is 23.5 Å². The number of ketones is 1. The van der Waals surface area contributed by atoms with Crippen molar-refractivity contribution in [3.63, 3.8) is 0 Å². The average Bonchev–Trinajstić information content (AvgIpc) is 3.62. The molecule has 3 rings (SSSR count). The summed E-state index contributed by atoms with van der Waals surface area (Å²) in [5, 5.41) is 16.0. The molecule has 1 heterocycles. The van der Waals surface area contributed by atoms with E-state index < -0.39 is 103 Å². The van der Waals surface area contributed by atoms with Crippen LogP contribution in [0.1, 0.15) is 66.2 Å². The molecule has 1 saturated heterocycles. The Kier molecular flexibility index (Phi) is 7.79. The van der Waals surface area contributed by atoms with E-state index >= 15 is 0 Å². The maximum absolute atomic E-state index is 14.3. The molecule has 38 heavy (non-hydrogen) atoms. The number of likely N-dealkylation sites (tertiary alicyclic amines) is 1. The summed E-state index contributed by atoms with van der Waals surface area (Å²) in [6.45, 7) is 4.74. The molecule has 2 saturated carbocycles. The summed E-state index contributed by atoms with van der Waals surface area (Å²) < 4.78 is 55.7. The molecule has 10 nitrogen and oxygen atoms in total. The number of carbonyl (C=O) groups is 5. The summed E-state index contributed by atoms with van der Waals surface area (Å²) in [5.41, 5.74) is -2.69. The maximum atomic E-state index is 14.3. The van der Waals surface area contributed by atoms with Crippen molar-refractivity contribution >= 4 is 29.6 Å². The van der Waals surface area contributed by atoms with Gasteiger partial charge in [-0.05, 0) is 38.0 Å². The highest BCUT2D eigenvalue weighted by atomic mass is 19.3. The third-order valence-corrected chi connectivity index (χ3v) is 7.25. The van der Waals surface area contributed by atoms with E-state index in [0.717, 1.165) is 4.90 Å². The monoisotopic (exact) mass is 550 g/mol. The van der Waals surface area contributed by atoms with E-state index in [1.54, 1.807) is 20.8 Å². The second-order valence-corrected chi connectivity index (χ2v) is 11.9. The van der Waals surface area contributed by atoms with Gasteiger partial charge in [0.1, 0.15) is 12.1 Å². The fraction of sp³-hybridized carbons (Fsp3) is 0.792. The van der Waals surface area contributed by atoms with Crippen molar-refractivity contribution in [2.24, 2.45) is 10.8 Å². The fourth-order valence-electron chi connectivity index (χ4n) is 4.74. The fourth-order valence-corrected chi connectivity index (χ4v) is 4.74. The molecule has 4 N–H and O–H groups in total. The zero-order valence-corrected chi connectivity index (χ0v) is 21.7. The molecule has 3 aliphatic rings. The molecule has 4 atom stereocenters. The zero-order valence-electron chi connectivity index (χ0n) is 21.7. The molecule has 1 spiro atoms. The molecule has 0 bridgehead atoms. The zero-order chi connectivity index (χ0) is 28.8. The quantitative estimate of drug-likeness (QED) is 0.242. The van der Waals surface area contributed by atoms with Gasteiger partial charge in [0.05, 0.1) is 11.5 Å². The lowest BCUT2D eigenvalue weighted by Crippen LogP contribution is -2.59. The van der Waals surface area contributed by atoms with E-state index in [4.69, 9.17) is 0 Å². The van der Waals surface area contributed by atoms with E-state index in [-0.39, 0.29) is 6.04 Å². The largest absolute Gasteiger partial charge is 0.465 e. The van der Waals surface area contributed by atoms with Crippen molar-refractivity contribution in [1.29, 1.82) is 0 Å². The molecule has 4 amide bonds. The third kappa shape index (κ3) is 6.73. The van der Waals surface area contributed by atoms with Gasteiger partial charge in [0.15, 0.2) is 0 Å². The molecule has 3 fully saturated rings. The topological polar surface area (TPSA) is 145 Å². The Morgan fingerprint density at radius 2 is 1.63 bits per heavy atom. The van der Waals surface area contributed by atoms with Gasteiger partial charge in [0.25, 0.3) is 11.8 Å². The van der Waals surface area contributed by atoms with E-state index in [0.29, 0.717) is 19.8 Å². The summed E-state index contributed by atoms with van der Waals surface area (Å²) in [5.74, 6) is -10.6. The molecule has 0 aromatic heterocycles. The maximum Gasteiger partial charge on any atom is 0.405 e. The molecule has 2 aliphatic carbocycles. The average molecular weight is 551 g/mol. The molecular weight excluding hydrogens is 516 g/mol. The number of halogens is 4. The number of nitrogens with one attached hydrogen (secondary N) is 3. The van der Waals surface area contributed by atoms with Crippen LogP contribution < -0.4 is 16.0 Å². The van der Waals surface area contributed by atoms with Gasteiger partial charge in [0, 0.05) is 25.4 Å². The minimum Gasteiger partial charge on any atom is -0.465 e. The summed E-state index contributed by atoms with van der Waals surface area (Å²) in [7, 11) is 0. The SMILES string of the molecule is CC(F)(F)CCC(NC(=O)[C@@H]1CC2(CN1C(=O)C(NC(=O)O)C(C)(C)C)CC2(F)F)C(=O)C(=O)NC1CC1. The van der Waals surface area contributed by atoms with Crippen LogP contribution in [0.15, 0.2) is 0 Å². The van der Waals surface area contributed by atoms with Gasteiger partial charge in [-0.3, -0.25) is 19.2 Å². The first-order valence-corrected chi connectivity index (χ1v) is 12.5. The van der Waals surface area contributed by atoms with E-state index in [9.17, 15) is 46.6 Å². The summed E-state index contributed by atoms with van der Waals surface area (Å²) in [6, 6.07) is -4.80. The Labute approximate surface area is 217 Å². The molecule has 0 aromatic rings. The van der Waals surface area contributed by atoms with Crippen LogP contribution in [0.3, 0.4) is 0 Å². The van der Waals surface area contributed by atoms with Crippen LogP contribution in [0.25, 0.3) is 0 Å². The van der Waals surface area contributed by atoms with Gasteiger partial charge in [-0.2, -0.15) is 0 Å². The van der Waals surface area contributed by atoms with Gasteiger partial charge < -0.3 is 26.0 Å². The lowest BCUT2D eigenvalue weighted by Gasteiger charge is -2.35. The van der Waals surface area contributed by atoms with E-state index in [2.05, 4.69) is 16.0 Å². The van der Waals surface area contributed by atoms with Crippen LogP contribution in [0.5, 0.6) is 0 Å². The van der Waals surface area contributed by atoms with Crippen LogP contribution in [-0.2, 0) is 19.2 Å². The van der Waals surface area contributed by atoms with E-state index in [1.807, 2.05) is 0 Å². The molecular formula is C24H34F4N4O6. The Hall–Kier alpha value is -2.93. The van der Waals surface area contributed by atoms with Crippen molar-refractivity contribution < 1.29 is 46.6 Å². The molecule has 214 valence electrons. The first-order valence-electron chi connectivity index (χ1n) is 12.5. The van der Waals surface area contributed by atoms with Crippen LogP contribution in [-0.4, -0.2) is 82.2 Å². The highest BCUT2D eigenvalue weighted by Gasteiger charge is 2.75. The van der Waals surface area contributed by atoms with Crippen molar-refractivity contribution in [1.82, 2.24) is 20.9 Å². The Balaban J connectivity index is 1.85. The first-order chi connectivity index (χ1) is 17.3. The molecule has 3 unspecified atom stereocenters. The number of nitrogens with zero attached hydrogens (tertiary/aromatic N) is 1. The number of rotatable bonds is 10. The minimum atomic E-state index is -3.21. The predicted molar refractivity (Wildman–Crippen MR) is 124 cm³/mol. The standard InChI is InChI=1S/C24H34F4N4O6/c1-21(2,3)16(31-20(37)38)19(36)32-11-23(10-24(23,27)28)9-14(32)17(34)30-13(7-8-22(4,25)26)15(33)18(35)29-12-5-6-12/h12-14,16,31H,5-11H2,1-4H3,(H,29,35)(H,30,34)(H,37,38)/t13?,14-,16?,23?/m0/s1. The van der Waals surface area contributed by atoms with E-state index in [1.165, 1.54) is 0 Å². The Morgan fingerprint density at radius 3 is 2.08 bits per heavy atom. The molecule has 0 aromatic carbocycles. The smallest absolute Gasteiger partial charge is 0.405 e. The lowest BCUT2D eigenvalue weighted by molar-refractivity contribution is -0.144. The van der Waals surface area contributed by atoms with Crippen molar-refractivity contribution in [2.75, 3.05) is 6.54 Å². The second-order valence-electron chi connectivity index (χ2n) is 11.9. The highest BCUT2D eigenvalue weighted by Crippen LogP contribution is 2.66. The van der Waals surface area contributed by atoms with Crippen LogP contribution in [0.4, 0.5) is 22.4 Å². The molecule has 0 radical (unpaired) electrons. The number of carboxylic acid groups (broad SMARTS) is 1. The predicted octanol–water partition coefficient (Wildman–Crippen LogP) is 2.06. The summed E-state index contributed by atoms with van der Waals surface area (Å²) >= 11 is 0. The summed E-state index contributed by atoms with van der Waals surface area (Å²) in [6.07, 6.45) is -2.73. The third-order valence-electron chi connectivity index (χ3n) is 7.25. The van der Waals surface area contributed by atoms with Crippen LogP contribution in [0.2, 0.25) is 0 Å². The van der Waals surface area contributed by atoms with Crippen molar-refractivity contribution in [3.8, 4) is 0 Å². The number of hydrogen-bond donors (Lipinski definition) is 4. The summed E-state index contributed by atoms with van der Waals surface area (Å²) in [4.78, 5) is 64.0. The van der Waals surface area contributed by atoms with Crippen LogP contribution in [0, 0.1) is 10.8 Å². The Bertz CT molecular complexity index is 1010. The minimum absolute atomic E-state index is 0.216. The molecule has 14 heteroatoms. The first kappa shape index (κ1) is 29.6. The second kappa shape index (κ2) is 9.99. The van der Waals surface area contributed by atoms with Gasteiger partial charge >= 0.3 is 6.09 Å². The highest BCUT2D eigenvalue weighted by molar-refractivity contribution is 6.38. The normalized spacial score (nSPS) is 25.9. The number of hydrogen-bond acceptors (Lipinski definition) is 5. The van der Waals surface area contributed by atoms with Gasteiger partial charge in [-0.25, -0.2) is 22.4 Å². The van der Waals surface area contributed by atoms with Crippen LogP contribution >= 0.6 is 0 Å². The Morgan fingerprint density at radius 1 is 1.05 bits per heavy atom. The molecule has 1 aliphatic heterocycles. The van der Waals surface area contributed by atoms with Gasteiger partial charge in [-0.15, -0.1) is 0 Å². The number of amides is 4. The van der Waals surface area contributed by atoms with Gasteiger partial charge in [-0.1, -0.05) is 20.8 Å². The van der Waals surface area contributed by atoms with Crippen molar-refractivity contribution in [2.45, 2.75) is 102 Å². The number of alkyl halides is 4.